The predicted octanol–water partition coefficient (Wildman–Crippen LogP) is 2.17. The van der Waals surface area contributed by atoms with Gasteiger partial charge < -0.3 is 4.52 Å². The zero-order chi connectivity index (χ0) is 18.8. The van der Waals surface area contributed by atoms with Crippen LogP contribution in [0.2, 0.25) is 0 Å². The number of nitro groups is 1. The normalized spacial score (nSPS) is 10.5. The number of hydrogen-bond donors (Lipinski definition) is 0. The second kappa shape index (κ2) is 6.56. The molecule has 2 heterocycles. The quantitative estimate of drug-likeness (QED) is 0.518. The number of halogens is 1. The first kappa shape index (κ1) is 17.0. The van der Waals surface area contributed by atoms with Gasteiger partial charge in [-0.05, 0) is 18.6 Å². The minimum Gasteiger partial charge on any atom is -0.337 e. The number of benzene rings is 1. The monoisotopic (exact) mass is 355 g/mol. The number of aromatic nitrogens is 3. The Labute approximate surface area is 145 Å². The van der Waals surface area contributed by atoms with Crippen LogP contribution in [-0.4, -0.2) is 19.6 Å². The van der Waals surface area contributed by atoms with E-state index in [2.05, 4.69) is 10.1 Å². The summed E-state index contributed by atoms with van der Waals surface area (Å²) in [7, 11) is 0. The third kappa shape index (κ3) is 3.18. The first-order valence-corrected chi connectivity index (χ1v) is 7.27. The third-order valence-corrected chi connectivity index (χ3v) is 3.61. The highest BCUT2D eigenvalue weighted by Crippen LogP contribution is 2.19. The summed E-state index contributed by atoms with van der Waals surface area (Å²) in [6.07, 6.45) is 0.985. The van der Waals surface area contributed by atoms with E-state index in [0.29, 0.717) is 11.1 Å². The lowest BCUT2D eigenvalue weighted by Gasteiger charge is -2.02. The van der Waals surface area contributed by atoms with E-state index < -0.39 is 22.0 Å². The minimum absolute atomic E-state index is 0.0209. The molecule has 0 bridgehead atoms. The van der Waals surface area contributed by atoms with Crippen LogP contribution in [0.3, 0.4) is 0 Å². The van der Waals surface area contributed by atoms with Crippen LogP contribution in [0.1, 0.15) is 17.0 Å². The SMILES string of the molecule is Cc1ccc(-c2noc(Cn3cc([N+](=O)[O-])cc(C#N)c3=O)n2)cc1F. The summed E-state index contributed by atoms with van der Waals surface area (Å²) in [5, 5.41) is 23.6. The maximum absolute atomic E-state index is 13.6. The zero-order valence-electron chi connectivity index (χ0n) is 13.3. The molecule has 0 aliphatic carbocycles. The number of nitrogens with zero attached hydrogens (tertiary/aromatic N) is 5. The molecule has 9 nitrogen and oxygen atoms in total. The Morgan fingerprint density at radius 2 is 2.19 bits per heavy atom. The Morgan fingerprint density at radius 3 is 2.85 bits per heavy atom. The van der Waals surface area contributed by atoms with Gasteiger partial charge in [-0.1, -0.05) is 17.3 Å². The third-order valence-electron chi connectivity index (χ3n) is 3.61. The number of aryl methyl sites for hydroxylation is 1. The molecule has 0 aliphatic rings. The lowest BCUT2D eigenvalue weighted by molar-refractivity contribution is -0.385. The van der Waals surface area contributed by atoms with E-state index in [0.717, 1.165) is 16.8 Å². The highest BCUT2D eigenvalue weighted by atomic mass is 19.1. The molecule has 0 aliphatic heterocycles. The number of hydrogen-bond acceptors (Lipinski definition) is 7. The molecule has 10 heteroatoms. The molecule has 0 amide bonds. The van der Waals surface area contributed by atoms with E-state index in [9.17, 15) is 19.3 Å². The Hall–Kier alpha value is -3.87. The Balaban J connectivity index is 1.96. The van der Waals surface area contributed by atoms with Gasteiger partial charge in [0.15, 0.2) is 0 Å². The smallest absolute Gasteiger partial charge is 0.287 e. The van der Waals surface area contributed by atoms with Crippen LogP contribution >= 0.6 is 0 Å². The summed E-state index contributed by atoms with van der Waals surface area (Å²) < 4.78 is 19.6. The van der Waals surface area contributed by atoms with Crippen LogP contribution in [0.15, 0.2) is 39.8 Å². The summed E-state index contributed by atoms with van der Waals surface area (Å²) in [6.45, 7) is 1.35. The van der Waals surface area contributed by atoms with E-state index in [1.54, 1.807) is 25.1 Å². The van der Waals surface area contributed by atoms with Crippen molar-refractivity contribution in [1.82, 2.24) is 14.7 Å². The summed E-state index contributed by atoms with van der Waals surface area (Å²) in [4.78, 5) is 26.4. The molecule has 3 rings (SSSR count). The molecule has 0 atom stereocenters. The fourth-order valence-corrected chi connectivity index (χ4v) is 2.23. The maximum Gasteiger partial charge on any atom is 0.287 e. The Bertz CT molecular complexity index is 1110. The second-order valence-corrected chi connectivity index (χ2v) is 5.39. The van der Waals surface area contributed by atoms with E-state index in [1.807, 2.05) is 0 Å². The molecule has 2 aromatic heterocycles. The van der Waals surface area contributed by atoms with Crippen LogP contribution in [-0.2, 0) is 6.54 Å². The topological polar surface area (TPSA) is 128 Å². The summed E-state index contributed by atoms with van der Waals surface area (Å²) in [5.74, 6) is -0.340. The van der Waals surface area contributed by atoms with Crippen LogP contribution in [0.5, 0.6) is 0 Å². The summed E-state index contributed by atoms with van der Waals surface area (Å²) in [6, 6.07) is 6.93. The zero-order valence-corrected chi connectivity index (χ0v) is 13.3. The van der Waals surface area contributed by atoms with Gasteiger partial charge in [0.05, 0.1) is 11.1 Å². The Morgan fingerprint density at radius 1 is 1.42 bits per heavy atom. The number of pyridine rings is 1. The lowest BCUT2D eigenvalue weighted by Crippen LogP contribution is -2.23. The van der Waals surface area contributed by atoms with Crippen LogP contribution in [0.25, 0.3) is 11.4 Å². The van der Waals surface area contributed by atoms with Gasteiger partial charge in [-0.15, -0.1) is 0 Å². The molecule has 0 saturated heterocycles. The van der Waals surface area contributed by atoms with Gasteiger partial charge in [0.1, 0.15) is 24.0 Å². The predicted molar refractivity (Wildman–Crippen MR) is 85.6 cm³/mol. The molecule has 0 unspecified atom stereocenters. The molecule has 0 saturated carbocycles. The molecule has 3 aromatic rings. The van der Waals surface area contributed by atoms with Gasteiger partial charge in [-0.25, -0.2) is 4.39 Å². The van der Waals surface area contributed by atoms with Crippen molar-refractivity contribution in [3.63, 3.8) is 0 Å². The van der Waals surface area contributed by atoms with E-state index in [1.165, 1.54) is 6.07 Å². The maximum atomic E-state index is 13.6. The van der Waals surface area contributed by atoms with Crippen molar-refractivity contribution < 1.29 is 13.8 Å². The van der Waals surface area contributed by atoms with Gasteiger partial charge in [-0.2, -0.15) is 10.2 Å². The van der Waals surface area contributed by atoms with Crippen molar-refractivity contribution >= 4 is 5.69 Å². The minimum atomic E-state index is -0.723. The molecule has 0 spiro atoms. The molecule has 0 radical (unpaired) electrons. The van der Waals surface area contributed by atoms with Crippen molar-refractivity contribution in [3.05, 3.63) is 73.8 Å². The molecule has 26 heavy (non-hydrogen) atoms. The Kier molecular flexibility index (Phi) is 4.28. The van der Waals surface area contributed by atoms with Crippen molar-refractivity contribution in [1.29, 1.82) is 5.26 Å². The molecule has 0 N–H and O–H groups in total. The van der Waals surface area contributed by atoms with Crippen molar-refractivity contribution in [2.45, 2.75) is 13.5 Å². The van der Waals surface area contributed by atoms with Gasteiger partial charge in [0.2, 0.25) is 11.7 Å². The highest BCUT2D eigenvalue weighted by Gasteiger charge is 2.16. The van der Waals surface area contributed by atoms with Gasteiger partial charge in [-0.3, -0.25) is 19.5 Å². The molecule has 0 fully saturated rings. The molecule has 130 valence electrons. The summed E-state index contributed by atoms with van der Waals surface area (Å²) in [5.41, 5.74) is -0.669. The van der Waals surface area contributed by atoms with E-state index in [-0.39, 0.29) is 23.8 Å². The van der Waals surface area contributed by atoms with Gasteiger partial charge >= 0.3 is 0 Å². The van der Waals surface area contributed by atoms with Crippen LogP contribution in [0.4, 0.5) is 10.1 Å². The first-order chi connectivity index (χ1) is 12.4. The largest absolute Gasteiger partial charge is 0.337 e. The first-order valence-electron chi connectivity index (χ1n) is 7.27. The van der Waals surface area contributed by atoms with Gasteiger partial charge in [0, 0.05) is 11.6 Å². The van der Waals surface area contributed by atoms with Crippen molar-refractivity contribution in [3.8, 4) is 17.5 Å². The fraction of sp³-hybridized carbons (Fsp3) is 0.125. The highest BCUT2D eigenvalue weighted by molar-refractivity contribution is 5.54. The summed E-state index contributed by atoms with van der Waals surface area (Å²) >= 11 is 0. The standard InChI is InChI=1S/C16H10FN5O4/c1-9-2-3-10(5-13(9)17)15-19-14(26-20-15)8-21-7-12(22(24)25)4-11(6-18)16(21)23/h2-5,7H,8H2,1H3. The second-order valence-electron chi connectivity index (χ2n) is 5.39. The van der Waals surface area contributed by atoms with E-state index in [4.69, 9.17) is 9.78 Å². The molecular weight excluding hydrogens is 345 g/mol. The van der Waals surface area contributed by atoms with E-state index >= 15 is 0 Å². The van der Waals surface area contributed by atoms with Crippen molar-refractivity contribution in [2.24, 2.45) is 0 Å². The molecule has 1 aromatic carbocycles. The molecular formula is C16H10FN5O4. The number of nitriles is 1. The number of rotatable bonds is 4. The van der Waals surface area contributed by atoms with Crippen LogP contribution < -0.4 is 5.56 Å². The van der Waals surface area contributed by atoms with Crippen LogP contribution in [0, 0.1) is 34.2 Å². The van der Waals surface area contributed by atoms with Crippen molar-refractivity contribution in [2.75, 3.05) is 0 Å². The average Bonchev–Trinajstić information content (AvgIpc) is 3.07. The lowest BCUT2D eigenvalue weighted by atomic mass is 10.1. The fourth-order valence-electron chi connectivity index (χ4n) is 2.23. The van der Waals surface area contributed by atoms with Gasteiger partial charge in [0.25, 0.3) is 11.2 Å². The average molecular weight is 355 g/mol.